The standard InChI is InChI=1S/C10H5Cl2NO2.H3N/c11-6-3-5-1-2-7(12)8(10(14)15)9(5)13-4-6;/h1-4H,(H,14,15);1H3. The van der Waals surface area contributed by atoms with E-state index in [1.165, 1.54) is 12.3 Å². The summed E-state index contributed by atoms with van der Waals surface area (Å²) in [5, 5.41) is 12.0. The molecule has 0 saturated heterocycles. The van der Waals surface area contributed by atoms with Gasteiger partial charge in [0.2, 0.25) is 0 Å². The molecule has 1 aromatic carbocycles. The third-order valence-electron chi connectivity index (χ3n) is 1.97. The van der Waals surface area contributed by atoms with E-state index in [1.807, 2.05) is 0 Å². The van der Waals surface area contributed by atoms with Gasteiger partial charge in [-0.2, -0.15) is 0 Å². The number of halogens is 2. The van der Waals surface area contributed by atoms with Crippen LogP contribution in [-0.4, -0.2) is 11.0 Å². The Morgan fingerprint density at radius 1 is 1.31 bits per heavy atom. The number of aromatic carboxylic acids is 1. The van der Waals surface area contributed by atoms with Crippen LogP contribution in [0.4, 0.5) is 0 Å². The van der Waals surface area contributed by atoms with Gasteiger partial charge in [-0.3, -0.25) is 4.98 Å². The van der Waals surface area contributed by atoms with Crippen molar-refractivity contribution in [3.05, 3.63) is 40.0 Å². The van der Waals surface area contributed by atoms with E-state index in [1.54, 1.807) is 12.1 Å². The monoisotopic (exact) mass is 258 g/mol. The summed E-state index contributed by atoms with van der Waals surface area (Å²) in [6.45, 7) is 0. The molecular formula is C10H8Cl2N2O2. The van der Waals surface area contributed by atoms with Crippen molar-refractivity contribution < 1.29 is 9.90 Å². The maximum atomic E-state index is 10.9. The third kappa shape index (κ3) is 2.09. The second-order valence-corrected chi connectivity index (χ2v) is 3.78. The Morgan fingerprint density at radius 3 is 2.62 bits per heavy atom. The van der Waals surface area contributed by atoms with Gasteiger partial charge in [-0.25, -0.2) is 0 Å². The first kappa shape index (κ1) is 12.7. The molecule has 1 heterocycles. The minimum atomic E-state index is -1.35. The van der Waals surface area contributed by atoms with Gasteiger partial charge in [0.05, 0.1) is 21.5 Å². The zero-order chi connectivity index (χ0) is 11.0. The zero-order valence-corrected chi connectivity index (χ0v) is 9.84. The summed E-state index contributed by atoms with van der Waals surface area (Å²) in [6.07, 6.45) is 1.37. The normalized spacial score (nSPS) is 9.88. The molecule has 4 nitrogen and oxygen atoms in total. The number of fused-ring (bicyclic) bond motifs is 1. The summed E-state index contributed by atoms with van der Waals surface area (Å²) in [7, 11) is 0. The lowest BCUT2D eigenvalue weighted by molar-refractivity contribution is -0.254. The molecule has 0 unspecified atom stereocenters. The van der Waals surface area contributed by atoms with Crippen LogP contribution >= 0.6 is 23.2 Å². The Hall–Kier alpha value is -1.36. The van der Waals surface area contributed by atoms with Gasteiger partial charge in [-0.15, -0.1) is 0 Å². The first-order valence-corrected chi connectivity index (χ1v) is 4.80. The van der Waals surface area contributed by atoms with Crippen molar-refractivity contribution in [2.24, 2.45) is 0 Å². The highest BCUT2D eigenvalue weighted by molar-refractivity contribution is 6.35. The predicted octanol–water partition coefficient (Wildman–Crippen LogP) is 2.28. The minimum Gasteiger partial charge on any atom is -0.545 e. The molecule has 0 saturated carbocycles. The fourth-order valence-electron chi connectivity index (χ4n) is 1.34. The lowest BCUT2D eigenvalue weighted by Gasteiger charge is -2.08. The second-order valence-electron chi connectivity index (χ2n) is 2.94. The van der Waals surface area contributed by atoms with Gasteiger partial charge in [0.15, 0.2) is 0 Å². The molecular weight excluding hydrogens is 251 g/mol. The Bertz CT molecular complexity index is 558. The van der Waals surface area contributed by atoms with Gasteiger partial charge in [-0.1, -0.05) is 29.3 Å². The summed E-state index contributed by atoms with van der Waals surface area (Å²) in [5.74, 6) is -1.35. The smallest absolute Gasteiger partial charge is 0.0808 e. The number of aromatic nitrogens is 1. The Kier molecular flexibility index (Phi) is 3.70. The van der Waals surface area contributed by atoms with Crippen LogP contribution in [0.1, 0.15) is 10.4 Å². The highest BCUT2D eigenvalue weighted by atomic mass is 35.5. The molecule has 0 radical (unpaired) electrons. The Morgan fingerprint density at radius 2 is 2.00 bits per heavy atom. The largest absolute Gasteiger partial charge is 0.545 e. The van der Waals surface area contributed by atoms with Crippen molar-refractivity contribution in [3.8, 4) is 0 Å². The van der Waals surface area contributed by atoms with Crippen molar-refractivity contribution in [2.75, 3.05) is 0 Å². The Balaban J connectivity index is 0.00000128. The zero-order valence-electron chi connectivity index (χ0n) is 8.33. The molecule has 0 amide bonds. The maximum Gasteiger partial charge on any atom is 0.0808 e. The second kappa shape index (κ2) is 4.65. The van der Waals surface area contributed by atoms with E-state index in [9.17, 15) is 9.90 Å². The molecule has 0 aliphatic rings. The molecule has 16 heavy (non-hydrogen) atoms. The van der Waals surface area contributed by atoms with Crippen LogP contribution in [-0.2, 0) is 0 Å². The number of carbonyl (C=O) groups excluding carboxylic acids is 1. The van der Waals surface area contributed by atoms with E-state index < -0.39 is 5.97 Å². The summed E-state index contributed by atoms with van der Waals surface area (Å²) >= 11 is 11.5. The van der Waals surface area contributed by atoms with Gasteiger partial charge in [0.1, 0.15) is 0 Å². The molecule has 4 N–H and O–H groups in total. The molecule has 84 valence electrons. The number of carboxylic acid groups (broad SMARTS) is 1. The van der Waals surface area contributed by atoms with Gasteiger partial charge in [-0.05, 0) is 12.1 Å². The number of hydrogen-bond donors (Lipinski definition) is 1. The van der Waals surface area contributed by atoms with E-state index in [0.29, 0.717) is 10.4 Å². The van der Waals surface area contributed by atoms with E-state index in [0.717, 1.165) is 0 Å². The number of benzene rings is 1. The molecule has 0 aliphatic heterocycles. The quantitative estimate of drug-likeness (QED) is 0.851. The summed E-state index contributed by atoms with van der Waals surface area (Å²) in [5.41, 5.74) is 0.178. The minimum absolute atomic E-state index is 0. The number of carbonyl (C=O) groups is 1. The molecule has 2 aromatic rings. The highest BCUT2D eigenvalue weighted by Gasteiger charge is 2.08. The van der Waals surface area contributed by atoms with Crippen molar-refractivity contribution >= 4 is 40.1 Å². The molecule has 0 atom stereocenters. The van der Waals surface area contributed by atoms with Gasteiger partial charge in [0, 0.05) is 17.1 Å². The summed E-state index contributed by atoms with van der Waals surface area (Å²) in [6, 6.07) is 4.75. The van der Waals surface area contributed by atoms with Crippen LogP contribution in [0.5, 0.6) is 0 Å². The molecule has 0 bridgehead atoms. The van der Waals surface area contributed by atoms with Crippen LogP contribution in [0.15, 0.2) is 24.4 Å². The lowest BCUT2D eigenvalue weighted by Crippen LogP contribution is -2.23. The number of carboxylic acids is 1. The third-order valence-corrected chi connectivity index (χ3v) is 2.49. The average molecular weight is 259 g/mol. The van der Waals surface area contributed by atoms with Gasteiger partial charge >= 0.3 is 0 Å². The van der Waals surface area contributed by atoms with E-state index >= 15 is 0 Å². The number of quaternary nitrogens is 1. The fourth-order valence-corrected chi connectivity index (χ4v) is 1.74. The van der Waals surface area contributed by atoms with Crippen molar-refractivity contribution in [1.29, 1.82) is 0 Å². The van der Waals surface area contributed by atoms with Crippen LogP contribution in [0.25, 0.3) is 10.9 Å². The van der Waals surface area contributed by atoms with Crippen LogP contribution in [0.3, 0.4) is 0 Å². The maximum absolute atomic E-state index is 10.9. The Labute approximate surface area is 101 Å². The first-order valence-electron chi connectivity index (χ1n) is 4.04. The van der Waals surface area contributed by atoms with E-state index in [2.05, 4.69) is 4.98 Å². The van der Waals surface area contributed by atoms with E-state index in [4.69, 9.17) is 23.2 Å². The van der Waals surface area contributed by atoms with Gasteiger partial charge in [0.25, 0.3) is 0 Å². The van der Waals surface area contributed by atoms with E-state index in [-0.39, 0.29) is 22.3 Å². The predicted molar refractivity (Wildman–Crippen MR) is 62.1 cm³/mol. The SMILES string of the molecule is O=C([O-])c1c(Cl)ccc2cc(Cl)cnc12.[NH4+]. The molecule has 1 aromatic heterocycles. The van der Waals surface area contributed by atoms with Crippen LogP contribution in [0, 0.1) is 0 Å². The molecule has 0 fully saturated rings. The number of rotatable bonds is 1. The molecule has 0 aliphatic carbocycles. The average Bonchev–Trinajstić information content (AvgIpc) is 2.17. The molecule has 0 spiro atoms. The van der Waals surface area contributed by atoms with Crippen molar-refractivity contribution in [3.63, 3.8) is 0 Å². The number of nitrogens with zero attached hydrogens (tertiary/aromatic N) is 1. The van der Waals surface area contributed by atoms with Crippen molar-refractivity contribution in [1.82, 2.24) is 11.1 Å². The lowest BCUT2D eigenvalue weighted by atomic mass is 10.1. The number of hydrogen-bond acceptors (Lipinski definition) is 3. The van der Waals surface area contributed by atoms with Crippen LogP contribution < -0.4 is 11.3 Å². The molecule has 6 heteroatoms. The van der Waals surface area contributed by atoms with Crippen molar-refractivity contribution in [2.45, 2.75) is 0 Å². The van der Waals surface area contributed by atoms with Gasteiger partial charge < -0.3 is 16.1 Å². The summed E-state index contributed by atoms with van der Waals surface area (Å²) < 4.78 is 0. The number of pyridine rings is 1. The molecule has 2 rings (SSSR count). The first-order chi connectivity index (χ1) is 7.09. The fraction of sp³-hybridized carbons (Fsp3) is 0. The summed E-state index contributed by atoms with van der Waals surface area (Å²) in [4.78, 5) is 14.8. The highest BCUT2D eigenvalue weighted by Crippen LogP contribution is 2.25. The topological polar surface area (TPSA) is 89.5 Å². The van der Waals surface area contributed by atoms with Crippen LogP contribution in [0.2, 0.25) is 10.0 Å².